The van der Waals surface area contributed by atoms with E-state index in [-0.39, 0.29) is 17.8 Å². The second-order valence-electron chi connectivity index (χ2n) is 5.18. The minimum atomic E-state index is -0.260. The molecule has 17 heavy (non-hydrogen) atoms. The molecule has 1 aromatic rings. The molecule has 3 nitrogen and oxygen atoms in total. The number of methoxy groups -OCH3 is 1. The van der Waals surface area contributed by atoms with Crippen molar-refractivity contribution in [3.63, 3.8) is 0 Å². The SMILES string of the molecule is COc1ccc([C@@H]2OCC(C)(C)[C@H](C)O2)cc1. The summed E-state index contributed by atoms with van der Waals surface area (Å²) >= 11 is 0. The molecular formula is C14H20O3. The highest BCUT2D eigenvalue weighted by atomic mass is 16.7. The summed E-state index contributed by atoms with van der Waals surface area (Å²) in [4.78, 5) is 0. The van der Waals surface area contributed by atoms with Crippen LogP contribution >= 0.6 is 0 Å². The summed E-state index contributed by atoms with van der Waals surface area (Å²) in [6.07, 6.45) is -0.0766. The van der Waals surface area contributed by atoms with E-state index in [4.69, 9.17) is 14.2 Å². The number of hydrogen-bond donors (Lipinski definition) is 0. The zero-order valence-electron chi connectivity index (χ0n) is 10.9. The van der Waals surface area contributed by atoms with Crippen molar-refractivity contribution in [2.75, 3.05) is 13.7 Å². The van der Waals surface area contributed by atoms with Crippen LogP contribution in [0, 0.1) is 5.41 Å². The summed E-state index contributed by atoms with van der Waals surface area (Å²) in [5.74, 6) is 0.845. The van der Waals surface area contributed by atoms with E-state index in [0.717, 1.165) is 11.3 Å². The molecule has 1 aliphatic rings. The first kappa shape index (κ1) is 12.4. The van der Waals surface area contributed by atoms with Gasteiger partial charge in [0.25, 0.3) is 0 Å². The summed E-state index contributed by atoms with van der Waals surface area (Å²) < 4.78 is 16.8. The van der Waals surface area contributed by atoms with Gasteiger partial charge in [0.2, 0.25) is 0 Å². The van der Waals surface area contributed by atoms with E-state index in [9.17, 15) is 0 Å². The van der Waals surface area contributed by atoms with E-state index in [0.29, 0.717) is 6.61 Å². The lowest BCUT2D eigenvalue weighted by Crippen LogP contribution is -2.40. The molecule has 94 valence electrons. The van der Waals surface area contributed by atoms with Crippen molar-refractivity contribution in [3.8, 4) is 5.75 Å². The normalized spacial score (nSPS) is 27.8. The van der Waals surface area contributed by atoms with Gasteiger partial charge >= 0.3 is 0 Å². The molecule has 0 aliphatic carbocycles. The second kappa shape index (κ2) is 4.67. The Morgan fingerprint density at radius 1 is 1.24 bits per heavy atom. The Morgan fingerprint density at radius 3 is 2.41 bits per heavy atom. The van der Waals surface area contributed by atoms with Crippen LogP contribution in [0.5, 0.6) is 5.75 Å². The van der Waals surface area contributed by atoms with Gasteiger partial charge in [0.15, 0.2) is 6.29 Å². The van der Waals surface area contributed by atoms with Crippen LogP contribution in [0.1, 0.15) is 32.6 Å². The zero-order chi connectivity index (χ0) is 12.5. The van der Waals surface area contributed by atoms with E-state index in [1.54, 1.807) is 7.11 Å². The molecule has 0 saturated carbocycles. The third kappa shape index (κ3) is 2.61. The minimum absolute atomic E-state index is 0.0724. The third-order valence-corrected chi connectivity index (χ3v) is 3.42. The molecule has 1 fully saturated rings. The Morgan fingerprint density at radius 2 is 1.88 bits per heavy atom. The molecule has 0 bridgehead atoms. The maximum absolute atomic E-state index is 5.90. The van der Waals surface area contributed by atoms with Crippen molar-refractivity contribution >= 4 is 0 Å². The van der Waals surface area contributed by atoms with Crippen LogP contribution in [0.25, 0.3) is 0 Å². The monoisotopic (exact) mass is 236 g/mol. The van der Waals surface area contributed by atoms with E-state index < -0.39 is 0 Å². The third-order valence-electron chi connectivity index (χ3n) is 3.42. The van der Waals surface area contributed by atoms with E-state index in [1.807, 2.05) is 24.3 Å². The van der Waals surface area contributed by atoms with Crippen molar-refractivity contribution in [1.29, 1.82) is 0 Å². The molecule has 0 spiro atoms. The van der Waals surface area contributed by atoms with Crippen LogP contribution in [0.2, 0.25) is 0 Å². The van der Waals surface area contributed by atoms with Crippen LogP contribution in [0.4, 0.5) is 0 Å². The van der Waals surface area contributed by atoms with Gasteiger partial charge in [0.05, 0.1) is 19.8 Å². The molecule has 0 N–H and O–H groups in total. The summed E-state index contributed by atoms with van der Waals surface area (Å²) in [6, 6.07) is 7.81. The van der Waals surface area contributed by atoms with Crippen molar-refractivity contribution in [3.05, 3.63) is 29.8 Å². The second-order valence-corrected chi connectivity index (χ2v) is 5.18. The minimum Gasteiger partial charge on any atom is -0.497 e. The molecular weight excluding hydrogens is 216 g/mol. The standard InChI is InChI=1S/C14H20O3/c1-10-14(2,3)9-16-13(17-10)11-5-7-12(15-4)8-6-11/h5-8,10,13H,9H2,1-4H3/t10-,13+/m0/s1. The summed E-state index contributed by atoms with van der Waals surface area (Å²) in [6.45, 7) is 7.12. The van der Waals surface area contributed by atoms with Gasteiger partial charge in [-0.3, -0.25) is 0 Å². The average Bonchev–Trinajstić information content (AvgIpc) is 2.33. The van der Waals surface area contributed by atoms with Crippen molar-refractivity contribution in [2.24, 2.45) is 5.41 Å². The van der Waals surface area contributed by atoms with Gasteiger partial charge in [-0.25, -0.2) is 0 Å². The maximum atomic E-state index is 5.90. The maximum Gasteiger partial charge on any atom is 0.184 e. The van der Waals surface area contributed by atoms with Crippen LogP contribution in [0.3, 0.4) is 0 Å². The predicted octanol–water partition coefficient (Wildman–Crippen LogP) is 3.16. The smallest absolute Gasteiger partial charge is 0.184 e. The first-order valence-corrected chi connectivity index (χ1v) is 5.94. The molecule has 2 rings (SSSR count). The van der Waals surface area contributed by atoms with Gasteiger partial charge < -0.3 is 14.2 Å². The van der Waals surface area contributed by atoms with E-state index in [1.165, 1.54) is 0 Å². The summed E-state index contributed by atoms with van der Waals surface area (Å²) in [7, 11) is 1.66. The number of rotatable bonds is 2. The fourth-order valence-corrected chi connectivity index (χ4v) is 1.75. The number of hydrogen-bond acceptors (Lipinski definition) is 3. The van der Waals surface area contributed by atoms with Crippen LogP contribution in [-0.2, 0) is 9.47 Å². The molecule has 3 heteroatoms. The lowest BCUT2D eigenvalue weighted by atomic mass is 9.87. The first-order chi connectivity index (χ1) is 8.03. The highest BCUT2D eigenvalue weighted by Gasteiger charge is 2.35. The van der Waals surface area contributed by atoms with Crippen molar-refractivity contribution < 1.29 is 14.2 Å². The number of ether oxygens (including phenoxy) is 3. The predicted molar refractivity (Wildman–Crippen MR) is 66.0 cm³/mol. The molecule has 1 saturated heterocycles. The number of benzene rings is 1. The highest BCUT2D eigenvalue weighted by molar-refractivity contribution is 5.28. The van der Waals surface area contributed by atoms with Crippen molar-refractivity contribution in [1.82, 2.24) is 0 Å². The Bertz CT molecular complexity index is 370. The average molecular weight is 236 g/mol. The summed E-state index contributed by atoms with van der Waals surface area (Å²) in [5, 5.41) is 0. The van der Waals surface area contributed by atoms with Gasteiger partial charge in [-0.15, -0.1) is 0 Å². The van der Waals surface area contributed by atoms with E-state index >= 15 is 0 Å². The molecule has 1 aliphatic heterocycles. The largest absolute Gasteiger partial charge is 0.497 e. The Kier molecular flexibility index (Phi) is 3.40. The molecule has 0 radical (unpaired) electrons. The quantitative estimate of drug-likeness (QED) is 0.789. The van der Waals surface area contributed by atoms with Crippen LogP contribution < -0.4 is 4.74 Å². The lowest BCUT2D eigenvalue weighted by Gasteiger charge is -2.40. The van der Waals surface area contributed by atoms with Gasteiger partial charge in [-0.05, 0) is 19.1 Å². The van der Waals surface area contributed by atoms with Gasteiger partial charge in [-0.1, -0.05) is 26.0 Å². The fraction of sp³-hybridized carbons (Fsp3) is 0.571. The van der Waals surface area contributed by atoms with Gasteiger partial charge in [-0.2, -0.15) is 0 Å². The molecule has 0 aromatic heterocycles. The Balaban J connectivity index is 2.08. The van der Waals surface area contributed by atoms with Crippen LogP contribution in [-0.4, -0.2) is 19.8 Å². The zero-order valence-corrected chi connectivity index (χ0v) is 10.9. The molecule has 0 unspecified atom stereocenters. The fourth-order valence-electron chi connectivity index (χ4n) is 1.75. The molecule has 1 heterocycles. The topological polar surface area (TPSA) is 27.7 Å². The van der Waals surface area contributed by atoms with E-state index in [2.05, 4.69) is 20.8 Å². The highest BCUT2D eigenvalue weighted by Crippen LogP contribution is 2.36. The summed E-state index contributed by atoms with van der Waals surface area (Å²) in [5.41, 5.74) is 1.11. The van der Waals surface area contributed by atoms with Gasteiger partial charge in [0, 0.05) is 11.0 Å². The van der Waals surface area contributed by atoms with Gasteiger partial charge in [0.1, 0.15) is 5.75 Å². The first-order valence-electron chi connectivity index (χ1n) is 5.94. The molecule has 2 atom stereocenters. The molecule has 1 aromatic carbocycles. The Labute approximate surface area is 103 Å². The Hall–Kier alpha value is -1.06. The van der Waals surface area contributed by atoms with Crippen LogP contribution in [0.15, 0.2) is 24.3 Å². The lowest BCUT2D eigenvalue weighted by molar-refractivity contribution is -0.259. The van der Waals surface area contributed by atoms with Crippen molar-refractivity contribution in [2.45, 2.75) is 33.2 Å². The molecule has 0 amide bonds.